The number of aliphatic hydroxyl groups is 8. The molecule has 3 saturated heterocycles. The van der Waals surface area contributed by atoms with E-state index in [-0.39, 0.29) is 47.8 Å². The van der Waals surface area contributed by atoms with Gasteiger partial charge in [-0.25, -0.2) is 4.79 Å². The summed E-state index contributed by atoms with van der Waals surface area (Å²) in [5.74, 6) is 0.615. The van der Waals surface area contributed by atoms with Crippen molar-refractivity contribution in [3.8, 4) is 0 Å². The third-order valence-electron chi connectivity index (χ3n) is 16.4. The van der Waals surface area contributed by atoms with Gasteiger partial charge in [0.2, 0.25) is 0 Å². The van der Waals surface area contributed by atoms with Gasteiger partial charge in [-0.2, -0.15) is 0 Å². The van der Waals surface area contributed by atoms with Gasteiger partial charge in [-0.1, -0.05) is 13.8 Å². The van der Waals surface area contributed by atoms with Crippen LogP contribution >= 0.6 is 0 Å². The summed E-state index contributed by atoms with van der Waals surface area (Å²) in [7, 11) is 1.47. The molecular weight excluding hydrogens is 776 g/mol. The van der Waals surface area contributed by atoms with E-state index in [1.807, 2.05) is 0 Å². The predicted molar refractivity (Wildman–Crippen MR) is 202 cm³/mol. The maximum atomic E-state index is 12.6. The maximum absolute atomic E-state index is 12.6. The highest BCUT2D eigenvalue weighted by Gasteiger charge is 2.68. The average Bonchev–Trinajstić information content (AvgIpc) is 3.77. The van der Waals surface area contributed by atoms with Gasteiger partial charge in [-0.15, -0.1) is 0 Å². The smallest absolute Gasteiger partial charge is 0.331 e. The Bertz CT molecular complexity index is 1530. The minimum absolute atomic E-state index is 0.0275. The molecule has 22 atom stereocenters. The van der Waals surface area contributed by atoms with E-state index < -0.39 is 98.2 Å². The van der Waals surface area contributed by atoms with E-state index in [0.717, 1.165) is 44.1 Å². The molecule has 7 fully saturated rings. The summed E-state index contributed by atoms with van der Waals surface area (Å²) in [6, 6.07) is 0. The predicted octanol–water partition coefficient (Wildman–Crippen LogP) is -0.212. The lowest BCUT2D eigenvalue weighted by atomic mass is 9.43. The number of methoxy groups -OCH3 is 1. The van der Waals surface area contributed by atoms with Gasteiger partial charge in [0.05, 0.1) is 37.1 Å². The lowest BCUT2D eigenvalue weighted by Gasteiger charge is -2.64. The molecule has 0 aromatic rings. The zero-order chi connectivity index (χ0) is 42.2. The van der Waals surface area contributed by atoms with Crippen LogP contribution in [0.3, 0.4) is 0 Å². The molecule has 336 valence electrons. The van der Waals surface area contributed by atoms with Crippen molar-refractivity contribution in [2.45, 2.75) is 183 Å². The van der Waals surface area contributed by atoms with Gasteiger partial charge in [0, 0.05) is 25.0 Å². The fraction of sp³-hybridized carbons (Fsp3) is 0.929. The Labute approximate surface area is 344 Å². The van der Waals surface area contributed by atoms with Crippen LogP contribution in [-0.4, -0.2) is 171 Å². The fourth-order valence-corrected chi connectivity index (χ4v) is 12.8. The Morgan fingerprint density at radius 3 is 2.08 bits per heavy atom. The minimum atomic E-state index is -1.69. The van der Waals surface area contributed by atoms with Crippen molar-refractivity contribution < 1.29 is 83.5 Å². The number of ether oxygens (including phenoxy) is 8. The quantitative estimate of drug-likeness (QED) is 0.105. The van der Waals surface area contributed by atoms with Crippen molar-refractivity contribution in [1.29, 1.82) is 0 Å². The summed E-state index contributed by atoms with van der Waals surface area (Å²) in [5.41, 5.74) is -0.156. The molecule has 4 heterocycles. The van der Waals surface area contributed by atoms with Crippen LogP contribution in [0.25, 0.3) is 0 Å². The average molecular weight is 843 g/mol. The summed E-state index contributed by atoms with van der Waals surface area (Å²) >= 11 is 0. The first-order valence-electron chi connectivity index (χ1n) is 21.7. The first-order chi connectivity index (χ1) is 28.0. The topological polar surface area (TPSA) is 253 Å². The van der Waals surface area contributed by atoms with Gasteiger partial charge in [0.25, 0.3) is 0 Å². The molecule has 0 aromatic heterocycles. The van der Waals surface area contributed by atoms with Crippen molar-refractivity contribution >= 4 is 5.97 Å². The van der Waals surface area contributed by atoms with E-state index >= 15 is 0 Å². The van der Waals surface area contributed by atoms with E-state index in [4.69, 9.17) is 37.9 Å². The number of esters is 1. The van der Waals surface area contributed by atoms with Gasteiger partial charge < -0.3 is 78.7 Å². The van der Waals surface area contributed by atoms with E-state index in [2.05, 4.69) is 13.8 Å². The number of aliphatic hydroxyl groups excluding tert-OH is 7. The molecule has 0 unspecified atom stereocenters. The molecule has 17 nitrogen and oxygen atoms in total. The van der Waals surface area contributed by atoms with Crippen LogP contribution in [0.15, 0.2) is 11.6 Å². The highest BCUT2D eigenvalue weighted by Crippen LogP contribution is 2.70. The van der Waals surface area contributed by atoms with E-state index in [1.54, 1.807) is 13.0 Å². The molecule has 0 spiro atoms. The zero-order valence-electron chi connectivity index (χ0n) is 34.5. The molecule has 0 radical (unpaired) electrons. The number of carbonyl (C=O) groups is 1. The molecule has 8 rings (SSSR count). The van der Waals surface area contributed by atoms with Gasteiger partial charge in [-0.05, 0) is 99.4 Å². The highest BCUT2D eigenvalue weighted by molar-refractivity contribution is 5.85. The maximum Gasteiger partial charge on any atom is 0.331 e. The van der Waals surface area contributed by atoms with Gasteiger partial charge in [0.1, 0.15) is 61.5 Å². The normalized spacial score (nSPS) is 53.9. The van der Waals surface area contributed by atoms with Crippen LogP contribution in [-0.2, 0) is 42.7 Å². The van der Waals surface area contributed by atoms with E-state index in [0.29, 0.717) is 37.7 Å². The third kappa shape index (κ3) is 7.75. The Kier molecular flexibility index (Phi) is 12.7. The molecule has 4 aliphatic heterocycles. The third-order valence-corrected chi connectivity index (χ3v) is 16.4. The zero-order valence-corrected chi connectivity index (χ0v) is 34.5. The lowest BCUT2D eigenvalue weighted by Crippen LogP contribution is -2.63. The standard InChI is InChI=1S/C42H66O17/c1-19-31(44)26(52-4)15-30(56-19)54-17-27-32(45)34(47)36(49)38(58-27)55-18-28-33(46)35(48)37(50)39(59-28)57-22-7-10-40(2)21(14-22)5-6-25-24(40)8-11-41(3)23(9-12-42(25,41)51)20-13-29(43)53-16-20/h13,19,21-28,30-39,44-51H,5-12,14-18H2,1-4H3/t19-,21-,22-,23-,24+,25-,26-,27+,28+,30-,31+,32+,33+,34+,35+,36+,37+,38+,39+,40-,41+,42-/m0/s1. The van der Waals surface area contributed by atoms with Crippen molar-refractivity contribution in [2.75, 3.05) is 26.9 Å². The van der Waals surface area contributed by atoms with Crippen LogP contribution in [0, 0.1) is 34.5 Å². The molecule has 0 amide bonds. The number of rotatable bonds is 10. The van der Waals surface area contributed by atoms with Crippen LogP contribution in [0.2, 0.25) is 0 Å². The second kappa shape index (κ2) is 17.0. The number of hydrogen-bond acceptors (Lipinski definition) is 17. The molecule has 59 heavy (non-hydrogen) atoms. The number of cyclic esters (lactones) is 1. The molecule has 0 aromatic carbocycles. The van der Waals surface area contributed by atoms with Crippen LogP contribution < -0.4 is 0 Å². The highest BCUT2D eigenvalue weighted by atomic mass is 16.7. The first-order valence-corrected chi connectivity index (χ1v) is 21.7. The Balaban J connectivity index is 0.861. The summed E-state index contributed by atoms with van der Waals surface area (Å²) in [5, 5.41) is 87.7. The molecule has 4 aliphatic carbocycles. The number of hydrogen-bond donors (Lipinski definition) is 8. The molecule has 4 saturated carbocycles. The number of carbonyl (C=O) groups excluding carboxylic acids is 1. The summed E-state index contributed by atoms with van der Waals surface area (Å²) in [4.78, 5) is 11.9. The van der Waals surface area contributed by atoms with Crippen molar-refractivity contribution in [3.63, 3.8) is 0 Å². The minimum Gasteiger partial charge on any atom is -0.458 e. The van der Waals surface area contributed by atoms with Crippen molar-refractivity contribution in [1.82, 2.24) is 0 Å². The van der Waals surface area contributed by atoms with E-state index in [1.165, 1.54) is 7.11 Å². The van der Waals surface area contributed by atoms with Crippen LogP contribution in [0.5, 0.6) is 0 Å². The largest absolute Gasteiger partial charge is 0.458 e. The summed E-state index contributed by atoms with van der Waals surface area (Å²) in [6.45, 7) is 5.86. The summed E-state index contributed by atoms with van der Waals surface area (Å²) < 4.78 is 46.1. The van der Waals surface area contributed by atoms with E-state index in [9.17, 15) is 45.6 Å². The lowest BCUT2D eigenvalue weighted by molar-refractivity contribution is -0.342. The second-order valence-corrected chi connectivity index (χ2v) is 19.3. The Morgan fingerprint density at radius 2 is 1.41 bits per heavy atom. The molecule has 8 N–H and O–H groups in total. The Hall–Kier alpha value is -1.39. The first kappa shape index (κ1) is 44.2. The van der Waals surface area contributed by atoms with Gasteiger partial charge in [0.15, 0.2) is 18.9 Å². The van der Waals surface area contributed by atoms with Gasteiger partial charge in [-0.3, -0.25) is 0 Å². The molecule has 0 bridgehead atoms. The van der Waals surface area contributed by atoms with Crippen molar-refractivity contribution in [2.24, 2.45) is 34.5 Å². The van der Waals surface area contributed by atoms with Gasteiger partial charge >= 0.3 is 5.97 Å². The molecule has 8 aliphatic rings. The fourth-order valence-electron chi connectivity index (χ4n) is 12.8. The monoisotopic (exact) mass is 842 g/mol. The second-order valence-electron chi connectivity index (χ2n) is 19.3. The van der Waals surface area contributed by atoms with Crippen molar-refractivity contribution in [3.05, 3.63) is 11.6 Å². The van der Waals surface area contributed by atoms with Crippen LogP contribution in [0.1, 0.15) is 85.0 Å². The Morgan fingerprint density at radius 1 is 0.729 bits per heavy atom. The number of fused-ring (bicyclic) bond motifs is 5. The SMILES string of the molecule is CO[C@H]1C[C@@H](OC[C@H]2O[C@@H](OC[C@H]3O[C@@H](O[C@H]4CC[C@@]5(C)[C@@H](CC[C@H]6[C@H]5CC[C@]5(C)[C@H](C7=CC(=O)OC7)CC[C@]65O)C4)[C@H](O)[C@H](O)[C@@H]3O)[C@H](O)[C@H](O)[C@@H]2O)O[C@@H](C)[C@H]1O. The summed E-state index contributed by atoms with van der Waals surface area (Å²) in [6.07, 6.45) is -8.63. The molecule has 17 heteroatoms. The molecular formula is C42H66O17. The van der Waals surface area contributed by atoms with Crippen LogP contribution in [0.4, 0.5) is 0 Å².